The van der Waals surface area contributed by atoms with Crippen molar-refractivity contribution in [1.29, 1.82) is 0 Å². The highest BCUT2D eigenvalue weighted by Crippen LogP contribution is 2.34. The molecule has 4 nitrogen and oxygen atoms in total. The van der Waals surface area contributed by atoms with Crippen LogP contribution in [0, 0.1) is 0 Å². The normalized spacial score (nSPS) is 20.9. The summed E-state index contributed by atoms with van der Waals surface area (Å²) in [5.41, 5.74) is 6.73. The molecule has 0 radical (unpaired) electrons. The summed E-state index contributed by atoms with van der Waals surface area (Å²) in [4.78, 5) is 16.6. The van der Waals surface area contributed by atoms with Gasteiger partial charge in [0.1, 0.15) is 0 Å². The van der Waals surface area contributed by atoms with E-state index in [0.717, 1.165) is 44.0 Å². The van der Waals surface area contributed by atoms with Gasteiger partial charge in [-0.05, 0) is 37.5 Å². The number of piperazine rings is 1. The van der Waals surface area contributed by atoms with Crippen molar-refractivity contribution in [2.45, 2.75) is 31.3 Å². The Kier molecular flexibility index (Phi) is 7.17. The Labute approximate surface area is 155 Å². The van der Waals surface area contributed by atoms with Gasteiger partial charge in [0.25, 0.3) is 0 Å². The molecular formula is C16H24Cl3N3O. The highest BCUT2D eigenvalue weighted by Gasteiger charge is 2.48. The Morgan fingerprint density at radius 1 is 1.13 bits per heavy atom. The first-order valence-corrected chi connectivity index (χ1v) is 7.95. The quantitative estimate of drug-likeness (QED) is 0.877. The summed E-state index contributed by atoms with van der Waals surface area (Å²) in [6.45, 7) is 5.54. The van der Waals surface area contributed by atoms with Crippen molar-refractivity contribution in [2.24, 2.45) is 5.73 Å². The van der Waals surface area contributed by atoms with Gasteiger partial charge < -0.3 is 10.6 Å². The van der Waals surface area contributed by atoms with Crippen LogP contribution in [0.1, 0.15) is 31.4 Å². The van der Waals surface area contributed by atoms with Crippen LogP contribution in [0.4, 0.5) is 0 Å². The van der Waals surface area contributed by atoms with Crippen LogP contribution in [0.25, 0.3) is 0 Å². The summed E-state index contributed by atoms with van der Waals surface area (Å²) in [6.07, 6.45) is 1.68. The standard InChI is InChI=1S/C16H22ClN3O.2ClH/c1-12(13-2-4-14(17)5-3-13)19-8-10-20(11-9-19)15(21)16(18)6-7-16;;/h2-5,12H,6-11,18H2,1H3;2*1H. The summed E-state index contributed by atoms with van der Waals surface area (Å²) in [7, 11) is 0. The first-order chi connectivity index (χ1) is 9.99. The molecule has 1 atom stereocenters. The molecule has 1 aliphatic heterocycles. The average Bonchev–Trinajstić information content (AvgIpc) is 3.26. The van der Waals surface area contributed by atoms with Crippen molar-refractivity contribution in [3.63, 3.8) is 0 Å². The van der Waals surface area contributed by atoms with Crippen LogP contribution >= 0.6 is 36.4 Å². The van der Waals surface area contributed by atoms with Gasteiger partial charge in [0.05, 0.1) is 5.54 Å². The Hall–Kier alpha value is -0.520. The summed E-state index contributed by atoms with van der Waals surface area (Å²) in [6, 6.07) is 8.34. The van der Waals surface area contributed by atoms with Gasteiger partial charge in [-0.15, -0.1) is 24.8 Å². The largest absolute Gasteiger partial charge is 0.339 e. The van der Waals surface area contributed by atoms with Crippen LogP contribution in [-0.4, -0.2) is 47.4 Å². The zero-order valence-corrected chi connectivity index (χ0v) is 15.6. The van der Waals surface area contributed by atoms with Gasteiger partial charge in [-0.1, -0.05) is 23.7 Å². The SMILES string of the molecule is CC(c1ccc(Cl)cc1)N1CCN(C(=O)C2(N)CC2)CC1.Cl.Cl. The molecule has 0 aromatic heterocycles. The molecule has 1 aromatic carbocycles. The van der Waals surface area contributed by atoms with Crippen molar-refractivity contribution in [3.05, 3.63) is 34.9 Å². The molecule has 23 heavy (non-hydrogen) atoms. The molecule has 1 saturated heterocycles. The van der Waals surface area contributed by atoms with Crippen LogP contribution in [-0.2, 0) is 4.79 Å². The van der Waals surface area contributed by atoms with Gasteiger partial charge in [0.2, 0.25) is 5.91 Å². The Balaban J connectivity index is 0.00000132. The minimum Gasteiger partial charge on any atom is -0.339 e. The number of hydrogen-bond donors (Lipinski definition) is 1. The van der Waals surface area contributed by atoms with E-state index in [4.69, 9.17) is 17.3 Å². The van der Waals surface area contributed by atoms with Crippen molar-refractivity contribution in [3.8, 4) is 0 Å². The predicted molar refractivity (Wildman–Crippen MR) is 98.7 cm³/mol. The van der Waals surface area contributed by atoms with E-state index in [1.54, 1.807) is 0 Å². The monoisotopic (exact) mass is 379 g/mol. The molecule has 2 aliphatic rings. The third-order valence-corrected chi connectivity index (χ3v) is 4.97. The minimum atomic E-state index is -0.538. The lowest BCUT2D eigenvalue weighted by molar-refractivity contribution is -0.135. The van der Waals surface area contributed by atoms with Gasteiger partial charge in [-0.25, -0.2) is 0 Å². The Bertz CT molecular complexity index is 526. The second-order valence-electron chi connectivity index (χ2n) is 6.21. The number of halogens is 3. The number of nitrogens with zero attached hydrogens (tertiary/aromatic N) is 2. The molecule has 0 spiro atoms. The van der Waals surface area contributed by atoms with Gasteiger partial charge in [-0.2, -0.15) is 0 Å². The van der Waals surface area contributed by atoms with E-state index in [2.05, 4.69) is 24.0 Å². The van der Waals surface area contributed by atoms with E-state index < -0.39 is 5.54 Å². The molecule has 1 saturated carbocycles. The molecule has 1 amide bonds. The molecule has 1 aliphatic carbocycles. The molecule has 130 valence electrons. The first kappa shape index (κ1) is 20.5. The summed E-state index contributed by atoms with van der Waals surface area (Å²) >= 11 is 5.94. The highest BCUT2D eigenvalue weighted by atomic mass is 35.5. The summed E-state index contributed by atoms with van der Waals surface area (Å²) in [5.74, 6) is 0.140. The van der Waals surface area contributed by atoms with Gasteiger partial charge >= 0.3 is 0 Å². The number of carbonyl (C=O) groups is 1. The summed E-state index contributed by atoms with van der Waals surface area (Å²) in [5, 5.41) is 0.763. The van der Waals surface area contributed by atoms with Gasteiger partial charge in [0, 0.05) is 37.2 Å². The fraction of sp³-hybridized carbons (Fsp3) is 0.562. The number of rotatable bonds is 3. The third kappa shape index (κ3) is 4.52. The second-order valence-corrected chi connectivity index (χ2v) is 6.65. The van der Waals surface area contributed by atoms with Crippen LogP contribution in [0.3, 0.4) is 0 Å². The average molecular weight is 381 g/mol. The van der Waals surface area contributed by atoms with E-state index >= 15 is 0 Å². The summed E-state index contributed by atoms with van der Waals surface area (Å²) < 4.78 is 0. The lowest BCUT2D eigenvalue weighted by atomic mass is 10.1. The van der Waals surface area contributed by atoms with Crippen molar-refractivity contribution in [1.82, 2.24) is 9.80 Å². The second kappa shape index (κ2) is 8.04. The van der Waals surface area contributed by atoms with Crippen LogP contribution in [0.5, 0.6) is 0 Å². The van der Waals surface area contributed by atoms with E-state index in [9.17, 15) is 4.79 Å². The van der Waals surface area contributed by atoms with Crippen LogP contribution < -0.4 is 5.73 Å². The maximum Gasteiger partial charge on any atom is 0.242 e. The van der Waals surface area contributed by atoms with Crippen LogP contribution in [0.2, 0.25) is 5.02 Å². The van der Waals surface area contributed by atoms with Crippen molar-refractivity contribution >= 4 is 42.3 Å². The zero-order valence-electron chi connectivity index (χ0n) is 13.2. The predicted octanol–water partition coefficient (Wildman–Crippen LogP) is 2.88. The Morgan fingerprint density at radius 3 is 2.13 bits per heavy atom. The van der Waals surface area contributed by atoms with E-state index in [0.29, 0.717) is 6.04 Å². The fourth-order valence-corrected chi connectivity index (χ4v) is 3.05. The molecule has 1 aromatic rings. The van der Waals surface area contributed by atoms with Gasteiger partial charge in [0.15, 0.2) is 0 Å². The molecule has 3 rings (SSSR count). The minimum absolute atomic E-state index is 0. The van der Waals surface area contributed by atoms with E-state index in [-0.39, 0.29) is 30.7 Å². The maximum absolute atomic E-state index is 12.2. The van der Waals surface area contributed by atoms with E-state index in [1.165, 1.54) is 5.56 Å². The number of benzene rings is 1. The molecule has 0 bridgehead atoms. The third-order valence-electron chi connectivity index (χ3n) is 4.72. The fourth-order valence-electron chi connectivity index (χ4n) is 2.93. The number of amides is 1. The molecular weight excluding hydrogens is 357 g/mol. The maximum atomic E-state index is 12.2. The lowest BCUT2D eigenvalue weighted by Gasteiger charge is -2.39. The first-order valence-electron chi connectivity index (χ1n) is 7.57. The highest BCUT2D eigenvalue weighted by molar-refractivity contribution is 6.30. The lowest BCUT2D eigenvalue weighted by Crippen LogP contribution is -2.54. The Morgan fingerprint density at radius 2 is 1.65 bits per heavy atom. The van der Waals surface area contributed by atoms with Crippen molar-refractivity contribution < 1.29 is 4.79 Å². The molecule has 2 N–H and O–H groups in total. The number of carbonyl (C=O) groups excluding carboxylic acids is 1. The van der Waals surface area contributed by atoms with E-state index in [1.807, 2.05) is 17.0 Å². The van der Waals surface area contributed by atoms with Crippen LogP contribution in [0.15, 0.2) is 24.3 Å². The number of hydrogen-bond acceptors (Lipinski definition) is 3. The smallest absolute Gasteiger partial charge is 0.242 e. The molecule has 1 unspecified atom stereocenters. The number of nitrogens with two attached hydrogens (primary N) is 1. The van der Waals surface area contributed by atoms with Crippen molar-refractivity contribution in [2.75, 3.05) is 26.2 Å². The topological polar surface area (TPSA) is 49.6 Å². The molecule has 7 heteroatoms. The zero-order chi connectivity index (χ0) is 15.0. The molecule has 2 fully saturated rings. The molecule has 1 heterocycles. The van der Waals surface area contributed by atoms with Gasteiger partial charge in [-0.3, -0.25) is 9.69 Å².